The highest BCUT2D eigenvalue weighted by molar-refractivity contribution is 7.80. The lowest BCUT2D eigenvalue weighted by Gasteiger charge is -2.12. The number of nitrogens with zero attached hydrogens (tertiary/aromatic N) is 2. The van der Waals surface area contributed by atoms with Crippen LogP contribution in [0.1, 0.15) is 16.7 Å². The molecule has 0 radical (unpaired) electrons. The summed E-state index contributed by atoms with van der Waals surface area (Å²) in [5, 5.41) is 7.08. The Hall–Kier alpha value is -2.66. The maximum atomic E-state index is 5.37. The fourth-order valence-electron chi connectivity index (χ4n) is 2.37. The summed E-state index contributed by atoms with van der Waals surface area (Å²) in [7, 11) is 0. The van der Waals surface area contributed by atoms with E-state index in [1.807, 2.05) is 16.8 Å². The van der Waals surface area contributed by atoms with E-state index in [1.54, 1.807) is 12.5 Å². The standard InChI is InChI=1S/C19H20N4S/c1-14-3-6-17(11-15(14)2)22-19(24)21-12-16-4-7-18(8-5-16)23-10-9-20-13-23/h3-11,13H,12H2,1-2H3,(H2,21,22,24). The molecule has 0 spiro atoms. The molecule has 5 heteroatoms. The van der Waals surface area contributed by atoms with Crippen molar-refractivity contribution in [3.05, 3.63) is 77.9 Å². The number of aryl methyl sites for hydroxylation is 2. The first-order valence-corrected chi connectivity index (χ1v) is 8.22. The van der Waals surface area contributed by atoms with Crippen molar-refractivity contribution in [1.82, 2.24) is 14.9 Å². The van der Waals surface area contributed by atoms with Gasteiger partial charge in [-0.05, 0) is 67.0 Å². The molecule has 1 aromatic heterocycles. The van der Waals surface area contributed by atoms with Gasteiger partial charge in [-0.25, -0.2) is 4.98 Å². The van der Waals surface area contributed by atoms with E-state index in [9.17, 15) is 0 Å². The lowest BCUT2D eigenvalue weighted by Crippen LogP contribution is -2.27. The molecule has 3 rings (SSSR count). The summed E-state index contributed by atoms with van der Waals surface area (Å²) >= 11 is 5.37. The Kier molecular flexibility index (Phi) is 4.91. The topological polar surface area (TPSA) is 41.9 Å². The van der Waals surface area contributed by atoms with E-state index in [4.69, 9.17) is 12.2 Å². The van der Waals surface area contributed by atoms with Gasteiger partial charge in [0, 0.05) is 30.3 Å². The van der Waals surface area contributed by atoms with Crippen molar-refractivity contribution in [3.8, 4) is 5.69 Å². The predicted molar refractivity (Wildman–Crippen MR) is 103 cm³/mol. The lowest BCUT2D eigenvalue weighted by molar-refractivity contribution is 0.923. The van der Waals surface area contributed by atoms with Crippen LogP contribution in [0.3, 0.4) is 0 Å². The fraction of sp³-hybridized carbons (Fsp3) is 0.158. The summed E-state index contributed by atoms with van der Waals surface area (Å²) < 4.78 is 1.98. The Morgan fingerprint density at radius 2 is 1.88 bits per heavy atom. The van der Waals surface area contributed by atoms with E-state index < -0.39 is 0 Å². The Labute approximate surface area is 147 Å². The molecule has 0 saturated carbocycles. The maximum Gasteiger partial charge on any atom is 0.171 e. The van der Waals surface area contributed by atoms with Crippen LogP contribution in [-0.4, -0.2) is 14.7 Å². The van der Waals surface area contributed by atoms with Crippen molar-refractivity contribution < 1.29 is 0 Å². The number of hydrogen-bond acceptors (Lipinski definition) is 2. The fourth-order valence-corrected chi connectivity index (χ4v) is 2.56. The average Bonchev–Trinajstić information content (AvgIpc) is 3.11. The third-order valence-corrected chi connectivity index (χ3v) is 4.20. The number of anilines is 1. The molecule has 0 fully saturated rings. The molecule has 1 heterocycles. The monoisotopic (exact) mass is 336 g/mol. The Morgan fingerprint density at radius 1 is 1.08 bits per heavy atom. The summed E-state index contributed by atoms with van der Waals surface area (Å²) in [6.45, 7) is 4.88. The van der Waals surface area contributed by atoms with Crippen molar-refractivity contribution in [2.75, 3.05) is 5.32 Å². The molecule has 2 aromatic carbocycles. The molecule has 0 unspecified atom stereocenters. The van der Waals surface area contributed by atoms with Crippen molar-refractivity contribution in [1.29, 1.82) is 0 Å². The highest BCUT2D eigenvalue weighted by atomic mass is 32.1. The van der Waals surface area contributed by atoms with Gasteiger partial charge in [-0.1, -0.05) is 18.2 Å². The summed E-state index contributed by atoms with van der Waals surface area (Å²) in [6, 6.07) is 14.5. The minimum Gasteiger partial charge on any atom is -0.358 e. The average molecular weight is 336 g/mol. The van der Waals surface area contributed by atoms with Crippen LogP contribution in [0.25, 0.3) is 5.69 Å². The number of benzene rings is 2. The molecule has 0 aliphatic heterocycles. The van der Waals surface area contributed by atoms with Gasteiger partial charge in [0.15, 0.2) is 5.11 Å². The van der Waals surface area contributed by atoms with Crippen LogP contribution >= 0.6 is 12.2 Å². The van der Waals surface area contributed by atoms with Crippen LogP contribution < -0.4 is 10.6 Å². The second kappa shape index (κ2) is 7.27. The van der Waals surface area contributed by atoms with Gasteiger partial charge in [-0.3, -0.25) is 0 Å². The molecule has 0 bridgehead atoms. The largest absolute Gasteiger partial charge is 0.358 e. The molecule has 4 nitrogen and oxygen atoms in total. The van der Waals surface area contributed by atoms with Gasteiger partial charge in [-0.2, -0.15) is 0 Å². The minimum absolute atomic E-state index is 0.622. The minimum atomic E-state index is 0.622. The van der Waals surface area contributed by atoms with Crippen LogP contribution in [0.15, 0.2) is 61.2 Å². The zero-order valence-electron chi connectivity index (χ0n) is 13.8. The van der Waals surface area contributed by atoms with Gasteiger partial charge >= 0.3 is 0 Å². The quantitative estimate of drug-likeness (QED) is 0.707. The van der Waals surface area contributed by atoms with Gasteiger partial charge < -0.3 is 15.2 Å². The van der Waals surface area contributed by atoms with Crippen LogP contribution in [0.4, 0.5) is 5.69 Å². The van der Waals surface area contributed by atoms with Crippen molar-refractivity contribution in [2.24, 2.45) is 0 Å². The Balaban J connectivity index is 1.55. The second-order valence-electron chi connectivity index (χ2n) is 5.74. The molecule has 0 aliphatic rings. The second-order valence-corrected chi connectivity index (χ2v) is 6.15. The molecule has 0 amide bonds. The maximum absolute atomic E-state index is 5.37. The van der Waals surface area contributed by atoms with E-state index in [0.29, 0.717) is 11.7 Å². The normalized spacial score (nSPS) is 10.4. The first-order valence-electron chi connectivity index (χ1n) is 7.81. The molecular formula is C19H20N4S. The number of imidazole rings is 1. The summed E-state index contributed by atoms with van der Waals surface area (Å²) in [4.78, 5) is 4.06. The zero-order chi connectivity index (χ0) is 16.9. The van der Waals surface area contributed by atoms with E-state index in [1.165, 1.54) is 16.7 Å². The molecule has 122 valence electrons. The van der Waals surface area contributed by atoms with Gasteiger partial charge in [0.05, 0.1) is 6.33 Å². The Morgan fingerprint density at radius 3 is 2.54 bits per heavy atom. The van der Waals surface area contributed by atoms with Crippen molar-refractivity contribution >= 4 is 23.0 Å². The summed E-state index contributed by atoms with van der Waals surface area (Å²) in [6.07, 6.45) is 5.48. The highest BCUT2D eigenvalue weighted by Crippen LogP contribution is 2.14. The molecular weight excluding hydrogens is 316 g/mol. The van der Waals surface area contributed by atoms with Crippen LogP contribution in [0.5, 0.6) is 0 Å². The molecule has 0 saturated heterocycles. The molecule has 0 aliphatic carbocycles. The molecule has 2 N–H and O–H groups in total. The lowest BCUT2D eigenvalue weighted by atomic mass is 10.1. The SMILES string of the molecule is Cc1ccc(NC(=S)NCc2ccc(-n3ccnc3)cc2)cc1C. The molecule has 3 aromatic rings. The number of nitrogens with one attached hydrogen (secondary N) is 2. The predicted octanol–water partition coefficient (Wildman–Crippen LogP) is 3.98. The van der Waals surface area contributed by atoms with E-state index in [2.05, 4.69) is 65.9 Å². The zero-order valence-corrected chi connectivity index (χ0v) is 14.6. The number of rotatable bonds is 4. The molecule has 24 heavy (non-hydrogen) atoms. The summed E-state index contributed by atoms with van der Waals surface area (Å²) in [5.41, 5.74) is 5.79. The van der Waals surface area contributed by atoms with Gasteiger partial charge in [0.25, 0.3) is 0 Å². The number of hydrogen-bond donors (Lipinski definition) is 2. The van der Waals surface area contributed by atoms with Gasteiger partial charge in [-0.15, -0.1) is 0 Å². The van der Waals surface area contributed by atoms with E-state index in [-0.39, 0.29) is 0 Å². The smallest absolute Gasteiger partial charge is 0.171 e. The van der Waals surface area contributed by atoms with Crippen LogP contribution in [0, 0.1) is 13.8 Å². The van der Waals surface area contributed by atoms with Crippen molar-refractivity contribution in [2.45, 2.75) is 20.4 Å². The van der Waals surface area contributed by atoms with E-state index in [0.717, 1.165) is 11.4 Å². The van der Waals surface area contributed by atoms with Gasteiger partial charge in [0.1, 0.15) is 0 Å². The van der Waals surface area contributed by atoms with Crippen molar-refractivity contribution in [3.63, 3.8) is 0 Å². The van der Waals surface area contributed by atoms with E-state index >= 15 is 0 Å². The van der Waals surface area contributed by atoms with Crippen LogP contribution in [-0.2, 0) is 6.54 Å². The highest BCUT2D eigenvalue weighted by Gasteiger charge is 2.01. The van der Waals surface area contributed by atoms with Gasteiger partial charge in [0.2, 0.25) is 0 Å². The summed E-state index contributed by atoms with van der Waals surface area (Å²) in [5.74, 6) is 0. The number of thiocarbonyl (C=S) groups is 1. The molecule has 0 atom stereocenters. The first-order chi connectivity index (χ1) is 11.6. The Bertz CT molecular complexity index is 823. The first kappa shape index (κ1) is 16.2. The third-order valence-electron chi connectivity index (χ3n) is 3.96. The van der Waals surface area contributed by atoms with Crippen LogP contribution in [0.2, 0.25) is 0 Å². The number of aromatic nitrogens is 2. The third kappa shape index (κ3) is 4.00.